The molecule has 2 aromatic carbocycles. The second-order valence-corrected chi connectivity index (χ2v) is 7.58. The van der Waals surface area contributed by atoms with Gasteiger partial charge in [0.1, 0.15) is 17.8 Å². The molecule has 8 nitrogen and oxygen atoms in total. The van der Waals surface area contributed by atoms with Crippen LogP contribution in [0.3, 0.4) is 0 Å². The van der Waals surface area contributed by atoms with Crippen LogP contribution in [-0.4, -0.2) is 46.8 Å². The number of methoxy groups -OCH3 is 1. The first-order valence-electron chi connectivity index (χ1n) is 9.94. The molecule has 0 aliphatic carbocycles. The minimum atomic E-state index is -0.794. The number of carbonyl (C=O) groups excluding carboxylic acids is 2. The van der Waals surface area contributed by atoms with Crippen LogP contribution < -0.4 is 4.74 Å². The molecule has 3 heterocycles. The van der Waals surface area contributed by atoms with E-state index in [4.69, 9.17) is 10.3 Å². The average Bonchev–Trinajstić information content (AvgIpc) is 2.98. The van der Waals surface area contributed by atoms with E-state index in [1.807, 2.05) is 54.6 Å². The highest BCUT2D eigenvalue weighted by atomic mass is 16.5. The Balaban J connectivity index is 1.66. The van der Waals surface area contributed by atoms with E-state index in [-0.39, 0.29) is 18.4 Å². The van der Waals surface area contributed by atoms with Gasteiger partial charge in [0.05, 0.1) is 13.2 Å². The van der Waals surface area contributed by atoms with Gasteiger partial charge in [0.2, 0.25) is 11.8 Å². The maximum atomic E-state index is 13.5. The van der Waals surface area contributed by atoms with Crippen molar-refractivity contribution >= 4 is 11.8 Å². The molecule has 0 spiro atoms. The second kappa shape index (κ2) is 8.47. The smallest absolute Gasteiger partial charge is 0.246 e. The van der Waals surface area contributed by atoms with Gasteiger partial charge in [0.25, 0.3) is 0 Å². The molecule has 154 valence electrons. The summed E-state index contributed by atoms with van der Waals surface area (Å²) in [6, 6.07) is 15.1. The molecule has 3 saturated heterocycles. The first-order chi connectivity index (χ1) is 14.6. The van der Waals surface area contributed by atoms with Crippen LogP contribution >= 0.6 is 0 Å². The van der Waals surface area contributed by atoms with Crippen LogP contribution in [0.1, 0.15) is 24.0 Å². The molecule has 30 heavy (non-hydrogen) atoms. The predicted octanol–water partition coefficient (Wildman–Crippen LogP) is 3.28. The van der Waals surface area contributed by atoms with Crippen LogP contribution in [0.5, 0.6) is 5.75 Å². The van der Waals surface area contributed by atoms with Crippen molar-refractivity contribution in [2.75, 3.05) is 7.11 Å². The van der Waals surface area contributed by atoms with E-state index in [2.05, 4.69) is 10.0 Å². The van der Waals surface area contributed by atoms with E-state index in [1.165, 1.54) is 0 Å². The minimum Gasteiger partial charge on any atom is -0.497 e. The number of carbonyl (C=O) groups is 2. The highest BCUT2D eigenvalue weighted by molar-refractivity contribution is 5.98. The van der Waals surface area contributed by atoms with E-state index in [0.717, 1.165) is 16.9 Å². The average molecular weight is 405 g/mol. The maximum Gasteiger partial charge on any atom is 0.246 e. The summed E-state index contributed by atoms with van der Waals surface area (Å²) < 4.78 is 5.19. The molecular weight excluding hydrogens is 382 g/mol. The Labute approximate surface area is 174 Å². The number of fused-ring (bicyclic) bond motifs is 4. The largest absolute Gasteiger partial charge is 0.497 e. The highest BCUT2D eigenvalue weighted by Crippen LogP contribution is 2.34. The van der Waals surface area contributed by atoms with Gasteiger partial charge < -0.3 is 14.5 Å². The molecule has 2 amide bonds. The summed E-state index contributed by atoms with van der Waals surface area (Å²) in [6.07, 6.45) is 0.984. The standard InChI is InChI=1S/C22H23N5O3/c1-30-17-9-7-16(8-10-17)14-27-20-18(24-25-23)11-12-19(21(27)28)26(22(20)29)13-15-5-3-2-4-6-15/h2-10,18-20H,11-14H2,1H3/t18-,19-,20-/m1/s1. The van der Waals surface area contributed by atoms with Gasteiger partial charge >= 0.3 is 0 Å². The van der Waals surface area contributed by atoms with Crippen LogP contribution in [0, 0.1) is 0 Å². The summed E-state index contributed by atoms with van der Waals surface area (Å²) in [5.74, 6) is 0.466. The third kappa shape index (κ3) is 3.69. The molecule has 3 atom stereocenters. The van der Waals surface area contributed by atoms with Gasteiger partial charge in [-0.05, 0) is 41.6 Å². The van der Waals surface area contributed by atoms with Gasteiger partial charge in [-0.3, -0.25) is 9.59 Å². The Morgan fingerprint density at radius 1 is 0.967 bits per heavy atom. The van der Waals surface area contributed by atoms with Crippen molar-refractivity contribution < 1.29 is 14.3 Å². The third-order valence-electron chi connectivity index (χ3n) is 5.82. The number of benzene rings is 2. The predicted molar refractivity (Wildman–Crippen MR) is 110 cm³/mol. The molecule has 8 heteroatoms. The normalized spacial score (nSPS) is 23.2. The third-order valence-corrected chi connectivity index (χ3v) is 5.82. The lowest BCUT2D eigenvalue weighted by Gasteiger charge is -2.43. The summed E-state index contributed by atoms with van der Waals surface area (Å²) in [5, 5.41) is 3.89. The second-order valence-electron chi connectivity index (χ2n) is 7.58. The Hall–Kier alpha value is -3.51. The zero-order valence-electron chi connectivity index (χ0n) is 16.7. The first-order valence-corrected chi connectivity index (χ1v) is 9.94. The van der Waals surface area contributed by atoms with Gasteiger partial charge in [0.15, 0.2) is 0 Å². The molecule has 0 unspecified atom stereocenters. The number of amides is 2. The Morgan fingerprint density at radius 3 is 2.30 bits per heavy atom. The first kappa shape index (κ1) is 19.8. The van der Waals surface area contributed by atoms with Crippen molar-refractivity contribution in [1.29, 1.82) is 0 Å². The zero-order valence-corrected chi connectivity index (χ0v) is 16.7. The Kier molecular flexibility index (Phi) is 5.59. The van der Waals surface area contributed by atoms with Crippen LogP contribution in [-0.2, 0) is 22.7 Å². The molecule has 2 bridgehead atoms. The fourth-order valence-electron chi connectivity index (χ4n) is 4.32. The van der Waals surface area contributed by atoms with E-state index < -0.39 is 18.1 Å². The van der Waals surface area contributed by atoms with Crippen LogP contribution in [0.2, 0.25) is 0 Å². The number of piperazine rings is 1. The molecule has 3 aliphatic rings. The maximum absolute atomic E-state index is 13.5. The van der Waals surface area contributed by atoms with Crippen molar-refractivity contribution in [3.8, 4) is 5.75 Å². The summed E-state index contributed by atoms with van der Waals surface area (Å²) in [6.45, 7) is 0.651. The quantitative estimate of drug-likeness (QED) is 0.419. The summed E-state index contributed by atoms with van der Waals surface area (Å²) in [5.41, 5.74) is 10.9. The lowest BCUT2D eigenvalue weighted by Crippen LogP contribution is -2.64. The zero-order chi connectivity index (χ0) is 21.1. The molecule has 0 aromatic heterocycles. The van der Waals surface area contributed by atoms with Crippen molar-refractivity contribution in [2.45, 2.75) is 44.1 Å². The monoisotopic (exact) mass is 405 g/mol. The molecule has 3 aliphatic heterocycles. The van der Waals surface area contributed by atoms with Gasteiger partial charge in [-0.15, -0.1) is 0 Å². The van der Waals surface area contributed by atoms with Gasteiger partial charge in [0, 0.05) is 18.0 Å². The lowest BCUT2D eigenvalue weighted by atomic mass is 10.0. The minimum absolute atomic E-state index is 0.0954. The fraction of sp³-hybridized carbons (Fsp3) is 0.364. The molecule has 2 aromatic rings. The summed E-state index contributed by atoms with van der Waals surface area (Å²) >= 11 is 0. The molecule has 0 N–H and O–H groups in total. The van der Waals surface area contributed by atoms with Crippen LogP contribution in [0.25, 0.3) is 10.4 Å². The molecule has 5 rings (SSSR count). The summed E-state index contributed by atoms with van der Waals surface area (Å²) in [4.78, 5) is 33.1. The number of hydrogen-bond donors (Lipinski definition) is 0. The Bertz CT molecular complexity index is 972. The number of rotatable bonds is 6. The topological polar surface area (TPSA) is 98.6 Å². The molecule has 0 radical (unpaired) electrons. The van der Waals surface area contributed by atoms with E-state index in [9.17, 15) is 9.59 Å². The number of nitrogens with zero attached hydrogens (tertiary/aromatic N) is 5. The lowest BCUT2D eigenvalue weighted by molar-refractivity contribution is -0.162. The van der Waals surface area contributed by atoms with Crippen molar-refractivity contribution in [2.24, 2.45) is 5.11 Å². The van der Waals surface area contributed by atoms with Crippen molar-refractivity contribution in [1.82, 2.24) is 9.80 Å². The van der Waals surface area contributed by atoms with Crippen molar-refractivity contribution in [3.63, 3.8) is 0 Å². The van der Waals surface area contributed by atoms with E-state index in [0.29, 0.717) is 19.4 Å². The van der Waals surface area contributed by atoms with Gasteiger partial charge in [-0.2, -0.15) is 0 Å². The highest BCUT2D eigenvalue weighted by Gasteiger charge is 2.51. The molecule has 3 fully saturated rings. The molecule has 0 saturated carbocycles. The van der Waals surface area contributed by atoms with E-state index >= 15 is 0 Å². The summed E-state index contributed by atoms with van der Waals surface area (Å²) in [7, 11) is 1.59. The van der Waals surface area contributed by atoms with E-state index in [1.54, 1.807) is 16.9 Å². The Morgan fingerprint density at radius 2 is 1.63 bits per heavy atom. The fourth-order valence-corrected chi connectivity index (χ4v) is 4.32. The van der Waals surface area contributed by atoms with Crippen LogP contribution in [0.15, 0.2) is 59.7 Å². The van der Waals surface area contributed by atoms with Gasteiger partial charge in [-0.25, -0.2) is 0 Å². The number of hydrogen-bond acceptors (Lipinski definition) is 4. The number of azide groups is 1. The number of ether oxygens (including phenoxy) is 1. The molecular formula is C22H23N5O3. The van der Waals surface area contributed by atoms with Crippen LogP contribution in [0.4, 0.5) is 0 Å². The van der Waals surface area contributed by atoms with Gasteiger partial charge in [-0.1, -0.05) is 47.6 Å². The van der Waals surface area contributed by atoms with Crippen molar-refractivity contribution in [3.05, 3.63) is 76.2 Å². The SMILES string of the molecule is COc1ccc(CN2C(=O)[C@H]3CC[C@@H](N=[N+]=[N-])[C@@H]2C(=O)N3Cc2ccccc2)cc1.